The van der Waals surface area contributed by atoms with Crippen molar-refractivity contribution < 1.29 is 14.3 Å². The minimum absolute atomic E-state index is 0.0256. The van der Waals surface area contributed by atoms with Crippen LogP contribution < -0.4 is 9.47 Å². The van der Waals surface area contributed by atoms with E-state index in [0.717, 1.165) is 53.8 Å². The van der Waals surface area contributed by atoms with Crippen LogP contribution in [0.1, 0.15) is 74.1 Å². The van der Waals surface area contributed by atoms with E-state index >= 15 is 0 Å². The molecule has 7 heteroatoms. The Labute approximate surface area is 206 Å². The fourth-order valence-corrected chi connectivity index (χ4v) is 4.46. The summed E-state index contributed by atoms with van der Waals surface area (Å²) in [4.78, 5) is 15.4. The van der Waals surface area contributed by atoms with Gasteiger partial charge in [0, 0.05) is 22.7 Å². The molecule has 1 atom stereocenters. The average molecular weight is 482 g/mol. The van der Waals surface area contributed by atoms with Gasteiger partial charge >= 0.3 is 0 Å². The Morgan fingerprint density at radius 2 is 1.76 bits per heavy atom. The molecule has 0 fully saturated rings. The number of aromatic amines is 1. The van der Waals surface area contributed by atoms with E-state index in [0.29, 0.717) is 36.2 Å². The molecule has 1 aliphatic heterocycles. The number of aromatic nitrogens is 2. The number of halogens is 1. The maximum Gasteiger partial charge on any atom is 0.273 e. The molecular weight excluding hydrogens is 450 g/mol. The number of H-pyrrole nitrogens is 1. The fourth-order valence-electron chi connectivity index (χ4n) is 4.34. The Morgan fingerprint density at radius 3 is 2.47 bits per heavy atom. The molecule has 0 aliphatic carbocycles. The molecule has 180 valence electrons. The van der Waals surface area contributed by atoms with Gasteiger partial charge in [-0.1, -0.05) is 56.5 Å². The number of carbonyl (C=O) groups excluding carboxylic acids is 1. The number of unbranched alkanes of at least 4 members (excludes halogenated alkanes) is 2. The molecule has 1 aromatic heterocycles. The maximum absolute atomic E-state index is 13.4. The summed E-state index contributed by atoms with van der Waals surface area (Å²) in [6.45, 7) is 8.07. The highest BCUT2D eigenvalue weighted by Crippen LogP contribution is 2.44. The standard InChI is InChI=1S/C27H32ClN3O3/c1-4-7-15-31-26(19-11-14-21(34-16-8-5-2)22(17-19)33-6-3)23-24(29-30-25(23)27(31)32)18-9-12-20(28)13-10-18/h9-14,17,26H,4-8,15-16H2,1-3H3,(H,29,30). The van der Waals surface area contributed by atoms with Crippen molar-refractivity contribution in [3.63, 3.8) is 0 Å². The summed E-state index contributed by atoms with van der Waals surface area (Å²) < 4.78 is 11.9. The molecule has 0 bridgehead atoms. The van der Waals surface area contributed by atoms with Gasteiger partial charge in [-0.3, -0.25) is 9.89 Å². The maximum atomic E-state index is 13.4. The van der Waals surface area contributed by atoms with Gasteiger partial charge in [0.1, 0.15) is 5.69 Å². The molecule has 1 N–H and O–H groups in total. The predicted molar refractivity (Wildman–Crippen MR) is 135 cm³/mol. The van der Waals surface area contributed by atoms with Crippen molar-refractivity contribution in [1.29, 1.82) is 0 Å². The zero-order chi connectivity index (χ0) is 24.1. The number of nitrogens with zero attached hydrogens (tertiary/aromatic N) is 2. The van der Waals surface area contributed by atoms with E-state index in [-0.39, 0.29) is 11.9 Å². The van der Waals surface area contributed by atoms with Crippen LogP contribution in [0.3, 0.4) is 0 Å². The van der Waals surface area contributed by atoms with Gasteiger partial charge in [-0.05, 0) is 49.6 Å². The number of hydrogen-bond acceptors (Lipinski definition) is 4. The van der Waals surface area contributed by atoms with Gasteiger partial charge < -0.3 is 14.4 Å². The van der Waals surface area contributed by atoms with Crippen LogP contribution in [0.2, 0.25) is 5.02 Å². The third-order valence-corrected chi connectivity index (χ3v) is 6.32. The molecule has 1 aliphatic rings. The number of ether oxygens (including phenoxy) is 2. The molecule has 2 heterocycles. The highest BCUT2D eigenvalue weighted by atomic mass is 35.5. The molecule has 0 saturated heterocycles. The summed E-state index contributed by atoms with van der Waals surface area (Å²) in [7, 11) is 0. The number of nitrogens with one attached hydrogen (secondary N) is 1. The average Bonchev–Trinajstić information content (AvgIpc) is 3.38. The van der Waals surface area contributed by atoms with E-state index in [1.165, 1.54) is 0 Å². The number of amides is 1. The van der Waals surface area contributed by atoms with Crippen molar-refractivity contribution in [2.24, 2.45) is 0 Å². The van der Waals surface area contributed by atoms with E-state index in [1.54, 1.807) is 0 Å². The third kappa shape index (κ3) is 4.78. The fraction of sp³-hybridized carbons (Fsp3) is 0.407. The molecule has 34 heavy (non-hydrogen) atoms. The van der Waals surface area contributed by atoms with Crippen molar-refractivity contribution >= 4 is 17.5 Å². The lowest BCUT2D eigenvalue weighted by Crippen LogP contribution is -2.30. The summed E-state index contributed by atoms with van der Waals surface area (Å²) in [6.07, 6.45) is 3.97. The van der Waals surface area contributed by atoms with E-state index < -0.39 is 0 Å². The largest absolute Gasteiger partial charge is 0.490 e. The summed E-state index contributed by atoms with van der Waals surface area (Å²) >= 11 is 6.11. The Hall–Kier alpha value is -2.99. The lowest BCUT2D eigenvalue weighted by molar-refractivity contribution is 0.0741. The van der Waals surface area contributed by atoms with Crippen LogP contribution in [0.25, 0.3) is 11.3 Å². The molecule has 1 unspecified atom stereocenters. The van der Waals surface area contributed by atoms with Crippen LogP contribution in [-0.4, -0.2) is 40.8 Å². The summed E-state index contributed by atoms with van der Waals surface area (Å²) in [5.74, 6) is 1.40. The van der Waals surface area contributed by atoms with Crippen molar-refractivity contribution in [2.45, 2.75) is 52.5 Å². The molecule has 4 rings (SSSR count). The first-order valence-electron chi connectivity index (χ1n) is 12.1. The van der Waals surface area contributed by atoms with Crippen LogP contribution in [0.5, 0.6) is 11.5 Å². The minimum atomic E-state index is -0.262. The van der Waals surface area contributed by atoms with Crippen LogP contribution >= 0.6 is 11.6 Å². The molecule has 0 radical (unpaired) electrons. The number of hydrogen-bond donors (Lipinski definition) is 1. The van der Waals surface area contributed by atoms with Gasteiger partial charge in [0.25, 0.3) is 5.91 Å². The molecule has 0 saturated carbocycles. The number of carbonyl (C=O) groups is 1. The van der Waals surface area contributed by atoms with Gasteiger partial charge in [-0.2, -0.15) is 5.10 Å². The zero-order valence-electron chi connectivity index (χ0n) is 20.1. The Kier molecular flexibility index (Phi) is 7.78. The molecule has 0 spiro atoms. The minimum Gasteiger partial charge on any atom is -0.490 e. The summed E-state index contributed by atoms with van der Waals surface area (Å²) in [5.41, 5.74) is 4.11. The summed E-state index contributed by atoms with van der Waals surface area (Å²) in [5, 5.41) is 8.20. The van der Waals surface area contributed by atoms with E-state index in [9.17, 15) is 4.79 Å². The molecule has 2 aromatic carbocycles. The Morgan fingerprint density at radius 1 is 1.00 bits per heavy atom. The SMILES string of the molecule is CCCCOc1ccc(C2c3c(-c4ccc(Cl)cc4)n[nH]c3C(=O)N2CCCC)cc1OCC. The lowest BCUT2D eigenvalue weighted by Gasteiger charge is -2.27. The second-order valence-corrected chi connectivity index (χ2v) is 8.90. The first-order chi connectivity index (χ1) is 16.6. The smallest absolute Gasteiger partial charge is 0.273 e. The van der Waals surface area contributed by atoms with Crippen LogP contribution in [-0.2, 0) is 0 Å². The van der Waals surface area contributed by atoms with E-state index in [1.807, 2.05) is 54.3 Å². The van der Waals surface area contributed by atoms with Crippen molar-refractivity contribution in [2.75, 3.05) is 19.8 Å². The van der Waals surface area contributed by atoms with Crippen molar-refractivity contribution in [3.8, 4) is 22.8 Å². The van der Waals surface area contributed by atoms with Gasteiger partial charge in [-0.25, -0.2) is 0 Å². The van der Waals surface area contributed by atoms with E-state index in [4.69, 9.17) is 21.1 Å². The third-order valence-electron chi connectivity index (χ3n) is 6.07. The highest BCUT2D eigenvalue weighted by molar-refractivity contribution is 6.30. The van der Waals surface area contributed by atoms with E-state index in [2.05, 4.69) is 24.0 Å². The van der Waals surface area contributed by atoms with Gasteiger partial charge in [-0.15, -0.1) is 0 Å². The molecule has 3 aromatic rings. The number of benzene rings is 2. The molecule has 1 amide bonds. The highest BCUT2D eigenvalue weighted by Gasteiger charge is 2.42. The Bertz CT molecular complexity index is 1130. The molecule has 6 nitrogen and oxygen atoms in total. The first-order valence-corrected chi connectivity index (χ1v) is 12.5. The lowest BCUT2D eigenvalue weighted by atomic mass is 9.95. The second-order valence-electron chi connectivity index (χ2n) is 8.46. The van der Waals surface area contributed by atoms with Gasteiger partial charge in [0.05, 0.1) is 24.9 Å². The monoisotopic (exact) mass is 481 g/mol. The second kappa shape index (κ2) is 11.0. The predicted octanol–water partition coefficient (Wildman–Crippen LogP) is 6.65. The van der Waals surface area contributed by atoms with Crippen molar-refractivity contribution in [3.05, 3.63) is 64.3 Å². The topological polar surface area (TPSA) is 67.5 Å². The van der Waals surface area contributed by atoms with Crippen LogP contribution in [0.4, 0.5) is 0 Å². The first kappa shape index (κ1) is 24.1. The molecular formula is C27H32ClN3O3. The van der Waals surface area contributed by atoms with Crippen LogP contribution in [0.15, 0.2) is 42.5 Å². The number of rotatable bonds is 11. The van der Waals surface area contributed by atoms with Crippen molar-refractivity contribution in [1.82, 2.24) is 15.1 Å². The zero-order valence-corrected chi connectivity index (χ0v) is 20.8. The number of fused-ring (bicyclic) bond motifs is 1. The quantitative estimate of drug-likeness (QED) is 0.311. The van der Waals surface area contributed by atoms with Gasteiger partial charge in [0.2, 0.25) is 0 Å². The summed E-state index contributed by atoms with van der Waals surface area (Å²) in [6, 6.07) is 13.3. The van der Waals surface area contributed by atoms with Crippen LogP contribution in [0, 0.1) is 0 Å². The normalized spacial score (nSPS) is 15.0. The van der Waals surface area contributed by atoms with Gasteiger partial charge in [0.15, 0.2) is 11.5 Å². The Balaban J connectivity index is 1.79.